The minimum absolute atomic E-state index is 0.822. The van der Waals surface area contributed by atoms with Crippen molar-refractivity contribution in [2.75, 3.05) is 4.90 Å². The zero-order valence-corrected chi connectivity index (χ0v) is 29.9. The average Bonchev–Trinajstić information content (AvgIpc) is 3.63. The molecule has 11 rings (SSSR count). The summed E-state index contributed by atoms with van der Waals surface area (Å²) in [4.78, 5) is 7.62. The minimum Gasteiger partial charge on any atom is -0.306 e. The Morgan fingerprint density at radius 2 is 1.09 bits per heavy atom. The van der Waals surface area contributed by atoms with Gasteiger partial charge in [0.1, 0.15) is 5.82 Å². The molecular formula is C51H35N3. The number of benzene rings is 9. The summed E-state index contributed by atoms with van der Waals surface area (Å²) >= 11 is 0. The number of hydrogen-bond donors (Lipinski definition) is 0. The van der Waals surface area contributed by atoms with Crippen LogP contribution in [0.15, 0.2) is 182 Å². The van der Waals surface area contributed by atoms with Gasteiger partial charge in [-0.1, -0.05) is 153 Å². The van der Waals surface area contributed by atoms with Crippen LogP contribution in [0.1, 0.15) is 12.7 Å². The van der Waals surface area contributed by atoms with E-state index in [2.05, 4.69) is 198 Å². The number of imidazole rings is 1. The van der Waals surface area contributed by atoms with E-state index in [1.165, 1.54) is 65.7 Å². The van der Waals surface area contributed by atoms with Crippen LogP contribution in [0.25, 0.3) is 82.4 Å². The quantitative estimate of drug-likeness (QED) is 0.168. The Hall–Kier alpha value is -6.97. The molecule has 10 aromatic rings. The molecule has 1 aromatic heterocycles. The summed E-state index contributed by atoms with van der Waals surface area (Å²) in [6.45, 7) is 2.21. The van der Waals surface area contributed by atoms with E-state index in [0.717, 1.165) is 46.0 Å². The molecule has 0 amide bonds. The van der Waals surface area contributed by atoms with Crippen LogP contribution in [0.2, 0.25) is 0 Å². The number of aryl methyl sites for hydroxylation is 1. The number of hydrogen-bond acceptors (Lipinski definition) is 2. The highest BCUT2D eigenvalue weighted by atomic mass is 15.2. The first-order valence-electron chi connectivity index (χ1n) is 18.8. The van der Waals surface area contributed by atoms with Gasteiger partial charge in [-0.05, 0) is 96.5 Å². The maximum atomic E-state index is 5.21. The maximum absolute atomic E-state index is 5.21. The van der Waals surface area contributed by atoms with E-state index in [-0.39, 0.29) is 0 Å². The van der Waals surface area contributed by atoms with Crippen LogP contribution in [0.5, 0.6) is 0 Å². The lowest BCUT2D eigenvalue weighted by Gasteiger charge is -2.34. The van der Waals surface area contributed by atoms with Gasteiger partial charge in [-0.15, -0.1) is 0 Å². The third-order valence-electron chi connectivity index (χ3n) is 11.2. The maximum Gasteiger partial charge on any atom is 0.114 e. The van der Waals surface area contributed by atoms with Gasteiger partial charge in [0.2, 0.25) is 0 Å². The van der Waals surface area contributed by atoms with Crippen LogP contribution < -0.4 is 4.90 Å². The smallest absolute Gasteiger partial charge is 0.114 e. The van der Waals surface area contributed by atoms with Gasteiger partial charge in [0, 0.05) is 17.7 Å². The standard InChI is InChI=1S/C51H35N3/c1-2-47-52-44-27-15-29-46-51(44)54(47)50-38(25-14-28-45(50)53(46)36-20-7-4-8-21-36)35-30-31-42-43(32-35)49(39-26-13-19-33-16-9-10-22-37(33)39)41-24-12-11-23-40(41)48(42)34-17-5-3-6-18-34/h3-32H,2H2,1H3. The lowest BCUT2D eigenvalue weighted by molar-refractivity contribution is 0.901. The van der Waals surface area contributed by atoms with Crippen molar-refractivity contribution < 1.29 is 0 Å². The first-order valence-corrected chi connectivity index (χ1v) is 18.8. The zero-order valence-electron chi connectivity index (χ0n) is 29.9. The molecule has 3 nitrogen and oxygen atoms in total. The summed E-state index contributed by atoms with van der Waals surface area (Å²) in [5.74, 6) is 1.06. The van der Waals surface area contributed by atoms with E-state index in [4.69, 9.17) is 4.98 Å². The van der Waals surface area contributed by atoms with Crippen LogP contribution in [-0.4, -0.2) is 9.55 Å². The lowest BCUT2D eigenvalue weighted by Crippen LogP contribution is -2.19. The molecular weight excluding hydrogens is 655 g/mol. The van der Waals surface area contributed by atoms with Crippen molar-refractivity contribution in [3.63, 3.8) is 0 Å². The largest absolute Gasteiger partial charge is 0.306 e. The summed E-state index contributed by atoms with van der Waals surface area (Å²) < 4.78 is 2.43. The normalized spacial score (nSPS) is 12.2. The van der Waals surface area contributed by atoms with Gasteiger partial charge in [0.25, 0.3) is 0 Å². The Morgan fingerprint density at radius 1 is 0.463 bits per heavy atom. The second-order valence-corrected chi connectivity index (χ2v) is 14.2. The summed E-state index contributed by atoms with van der Waals surface area (Å²) in [6.07, 6.45) is 0.822. The second kappa shape index (κ2) is 12.0. The lowest BCUT2D eigenvalue weighted by atomic mass is 9.83. The molecule has 0 aliphatic carbocycles. The molecule has 9 aromatic carbocycles. The fourth-order valence-corrected chi connectivity index (χ4v) is 8.98. The molecule has 254 valence electrons. The molecule has 0 atom stereocenters. The molecule has 0 radical (unpaired) electrons. The van der Waals surface area contributed by atoms with Crippen LogP contribution in [0, 0.1) is 0 Å². The van der Waals surface area contributed by atoms with E-state index < -0.39 is 0 Å². The molecule has 0 unspecified atom stereocenters. The molecule has 0 saturated carbocycles. The number of fused-ring (bicyclic) bond motifs is 5. The average molecular weight is 690 g/mol. The van der Waals surface area contributed by atoms with Crippen LogP contribution >= 0.6 is 0 Å². The van der Waals surface area contributed by atoms with Crippen molar-refractivity contribution in [2.24, 2.45) is 0 Å². The number of nitrogens with zero attached hydrogens (tertiary/aromatic N) is 3. The number of para-hydroxylation sites is 3. The molecule has 0 N–H and O–H groups in total. The third kappa shape index (κ3) is 4.45. The Kier molecular flexibility index (Phi) is 6.83. The van der Waals surface area contributed by atoms with Crippen LogP contribution in [0.3, 0.4) is 0 Å². The Bertz CT molecular complexity index is 3080. The Labute approximate surface area is 314 Å². The van der Waals surface area contributed by atoms with Crippen molar-refractivity contribution in [1.82, 2.24) is 9.55 Å². The fourth-order valence-electron chi connectivity index (χ4n) is 8.98. The van der Waals surface area contributed by atoms with Gasteiger partial charge in [-0.25, -0.2) is 4.98 Å². The minimum atomic E-state index is 0.822. The predicted molar refractivity (Wildman–Crippen MR) is 228 cm³/mol. The Morgan fingerprint density at radius 3 is 1.91 bits per heavy atom. The highest BCUT2D eigenvalue weighted by molar-refractivity contribution is 6.24. The molecule has 2 heterocycles. The van der Waals surface area contributed by atoms with Gasteiger partial charge >= 0.3 is 0 Å². The van der Waals surface area contributed by atoms with Crippen LogP contribution in [0.4, 0.5) is 17.1 Å². The predicted octanol–water partition coefficient (Wildman–Crippen LogP) is 13.8. The van der Waals surface area contributed by atoms with E-state index in [1.807, 2.05) is 0 Å². The van der Waals surface area contributed by atoms with Crippen molar-refractivity contribution in [2.45, 2.75) is 13.3 Å². The number of aromatic nitrogens is 2. The number of rotatable bonds is 5. The molecule has 54 heavy (non-hydrogen) atoms. The second-order valence-electron chi connectivity index (χ2n) is 14.2. The van der Waals surface area contributed by atoms with Gasteiger partial charge in [-0.2, -0.15) is 0 Å². The topological polar surface area (TPSA) is 21.1 Å². The molecule has 0 bridgehead atoms. The summed E-state index contributed by atoms with van der Waals surface area (Å²) in [5, 5.41) is 7.48. The third-order valence-corrected chi connectivity index (χ3v) is 11.2. The van der Waals surface area contributed by atoms with E-state index in [9.17, 15) is 0 Å². The molecule has 3 heteroatoms. The van der Waals surface area contributed by atoms with Crippen LogP contribution in [-0.2, 0) is 6.42 Å². The first kappa shape index (κ1) is 30.6. The van der Waals surface area contributed by atoms with E-state index >= 15 is 0 Å². The first-order chi connectivity index (χ1) is 26.8. The summed E-state index contributed by atoms with van der Waals surface area (Å²) in [5.41, 5.74) is 14.1. The number of anilines is 3. The van der Waals surface area contributed by atoms with Gasteiger partial charge in [0.05, 0.1) is 28.1 Å². The van der Waals surface area contributed by atoms with E-state index in [0.29, 0.717) is 0 Å². The van der Waals surface area contributed by atoms with Crippen molar-refractivity contribution in [1.29, 1.82) is 0 Å². The zero-order chi connectivity index (χ0) is 35.8. The van der Waals surface area contributed by atoms with Crippen molar-refractivity contribution in [3.8, 4) is 39.1 Å². The molecule has 0 saturated heterocycles. The SMILES string of the molecule is CCc1nc2cccc3c2n1-c1c(-c2ccc4c(-c5ccccc5)c5ccccc5c(-c5cccc6ccccc56)c4c2)cccc1N3c1ccccc1. The molecule has 1 aliphatic rings. The summed E-state index contributed by atoms with van der Waals surface area (Å²) in [7, 11) is 0. The Balaban J connectivity index is 1.27. The fraction of sp³-hybridized carbons (Fsp3) is 0.0392. The monoisotopic (exact) mass is 689 g/mol. The highest BCUT2D eigenvalue weighted by Crippen LogP contribution is 2.51. The summed E-state index contributed by atoms with van der Waals surface area (Å²) in [6, 6.07) is 66.5. The van der Waals surface area contributed by atoms with Gasteiger partial charge in [-0.3, -0.25) is 4.57 Å². The highest BCUT2D eigenvalue weighted by Gasteiger charge is 2.31. The van der Waals surface area contributed by atoms with Gasteiger partial charge in [0.15, 0.2) is 0 Å². The van der Waals surface area contributed by atoms with Gasteiger partial charge < -0.3 is 4.90 Å². The van der Waals surface area contributed by atoms with Crippen molar-refractivity contribution >= 4 is 60.4 Å². The molecule has 0 spiro atoms. The molecule has 1 aliphatic heterocycles. The van der Waals surface area contributed by atoms with E-state index in [1.54, 1.807) is 0 Å². The molecule has 0 fully saturated rings. The van der Waals surface area contributed by atoms with Crippen molar-refractivity contribution in [3.05, 3.63) is 188 Å².